The molecule has 0 aliphatic carbocycles. The van der Waals surface area contributed by atoms with Gasteiger partial charge >= 0.3 is 5.63 Å². The number of carbonyl (C=O) groups is 1. The lowest BCUT2D eigenvalue weighted by molar-refractivity contribution is -0.123. The maximum atomic E-state index is 11.9. The van der Waals surface area contributed by atoms with Gasteiger partial charge in [0.2, 0.25) is 0 Å². The van der Waals surface area contributed by atoms with Crippen LogP contribution in [0, 0.1) is 0 Å². The normalized spacial score (nSPS) is 16.9. The van der Waals surface area contributed by atoms with Crippen molar-refractivity contribution < 1.29 is 18.7 Å². The molecule has 1 atom stereocenters. The van der Waals surface area contributed by atoms with E-state index in [4.69, 9.17) is 13.9 Å². The van der Waals surface area contributed by atoms with Crippen molar-refractivity contribution in [3.05, 3.63) is 40.2 Å². The number of hydrogen-bond acceptors (Lipinski definition) is 5. The molecule has 0 bridgehead atoms. The minimum atomic E-state index is -0.373. The highest BCUT2D eigenvalue weighted by atomic mass is 16.5. The van der Waals surface area contributed by atoms with Crippen molar-refractivity contribution in [3.63, 3.8) is 0 Å². The van der Waals surface area contributed by atoms with Gasteiger partial charge in [-0.3, -0.25) is 4.79 Å². The van der Waals surface area contributed by atoms with Crippen LogP contribution in [-0.2, 0) is 16.0 Å². The Morgan fingerprint density at radius 3 is 3.00 bits per heavy atom. The standard InChI is InChI=1S/C19H23NO5/c1-2-4-13-9-19(22)25-17-10-14(6-7-16(13)17)24-12-18(21)20-11-15-5-3-8-23-15/h6-7,9-10,15H,2-5,8,11-12H2,1H3,(H,20,21)/t15-/m0/s1. The fourth-order valence-corrected chi connectivity index (χ4v) is 3.01. The maximum absolute atomic E-state index is 11.9. The smallest absolute Gasteiger partial charge is 0.336 e. The van der Waals surface area contributed by atoms with Crippen LogP contribution in [0.1, 0.15) is 31.7 Å². The van der Waals surface area contributed by atoms with E-state index in [1.54, 1.807) is 12.1 Å². The lowest BCUT2D eigenvalue weighted by atomic mass is 10.1. The summed E-state index contributed by atoms with van der Waals surface area (Å²) >= 11 is 0. The van der Waals surface area contributed by atoms with Crippen LogP contribution < -0.4 is 15.7 Å². The van der Waals surface area contributed by atoms with Crippen LogP contribution in [0.5, 0.6) is 5.75 Å². The lowest BCUT2D eigenvalue weighted by Crippen LogP contribution is -2.35. The van der Waals surface area contributed by atoms with Crippen molar-refractivity contribution in [1.29, 1.82) is 0 Å². The first kappa shape index (κ1) is 17.5. The van der Waals surface area contributed by atoms with E-state index in [2.05, 4.69) is 12.2 Å². The number of ether oxygens (including phenoxy) is 2. The highest BCUT2D eigenvalue weighted by Crippen LogP contribution is 2.23. The molecule has 1 aromatic carbocycles. The predicted octanol–water partition coefficient (Wildman–Crippen LogP) is 2.42. The van der Waals surface area contributed by atoms with Gasteiger partial charge in [0.05, 0.1) is 6.10 Å². The second-order valence-corrected chi connectivity index (χ2v) is 6.23. The molecule has 1 aromatic heterocycles. The Bertz CT molecular complexity index is 792. The number of hydrogen-bond donors (Lipinski definition) is 1. The summed E-state index contributed by atoms with van der Waals surface area (Å²) in [6, 6.07) is 6.84. The van der Waals surface area contributed by atoms with E-state index in [9.17, 15) is 9.59 Å². The van der Waals surface area contributed by atoms with Crippen LogP contribution in [-0.4, -0.2) is 31.8 Å². The highest BCUT2D eigenvalue weighted by molar-refractivity contribution is 5.82. The first-order valence-electron chi connectivity index (χ1n) is 8.73. The third-order valence-electron chi connectivity index (χ3n) is 4.24. The zero-order valence-electron chi connectivity index (χ0n) is 14.4. The molecule has 0 spiro atoms. The quantitative estimate of drug-likeness (QED) is 0.780. The van der Waals surface area contributed by atoms with Crippen molar-refractivity contribution in [2.45, 2.75) is 38.7 Å². The van der Waals surface area contributed by atoms with E-state index in [0.29, 0.717) is 17.9 Å². The molecule has 6 heteroatoms. The van der Waals surface area contributed by atoms with Gasteiger partial charge in [-0.05, 0) is 37.0 Å². The Hall–Kier alpha value is -2.34. The summed E-state index contributed by atoms with van der Waals surface area (Å²) < 4.78 is 16.2. The Morgan fingerprint density at radius 1 is 1.36 bits per heavy atom. The lowest BCUT2D eigenvalue weighted by Gasteiger charge is -2.12. The Labute approximate surface area is 146 Å². The zero-order valence-corrected chi connectivity index (χ0v) is 14.4. The van der Waals surface area contributed by atoms with E-state index >= 15 is 0 Å². The number of amides is 1. The molecule has 0 radical (unpaired) electrons. The highest BCUT2D eigenvalue weighted by Gasteiger charge is 2.16. The fraction of sp³-hybridized carbons (Fsp3) is 0.474. The molecule has 1 N–H and O–H groups in total. The van der Waals surface area contributed by atoms with Gasteiger partial charge in [0.15, 0.2) is 6.61 Å². The van der Waals surface area contributed by atoms with Gasteiger partial charge in [0.1, 0.15) is 11.3 Å². The molecule has 2 aromatic rings. The molecular weight excluding hydrogens is 322 g/mol. The van der Waals surface area contributed by atoms with Gasteiger partial charge in [-0.25, -0.2) is 4.79 Å². The number of benzene rings is 1. The van der Waals surface area contributed by atoms with Crippen LogP contribution in [0.15, 0.2) is 33.5 Å². The van der Waals surface area contributed by atoms with E-state index in [1.807, 2.05) is 6.07 Å². The summed E-state index contributed by atoms with van der Waals surface area (Å²) in [5.74, 6) is 0.299. The molecule has 0 saturated carbocycles. The summed E-state index contributed by atoms with van der Waals surface area (Å²) in [5.41, 5.74) is 1.07. The number of carbonyl (C=O) groups excluding carboxylic acids is 1. The molecule has 1 saturated heterocycles. The van der Waals surface area contributed by atoms with E-state index in [-0.39, 0.29) is 24.2 Å². The van der Waals surface area contributed by atoms with Crippen LogP contribution in [0.2, 0.25) is 0 Å². The summed E-state index contributed by atoms with van der Waals surface area (Å²) in [6.07, 6.45) is 3.88. The largest absolute Gasteiger partial charge is 0.484 e. The van der Waals surface area contributed by atoms with Gasteiger partial charge in [0, 0.05) is 30.7 Å². The number of fused-ring (bicyclic) bond motifs is 1. The monoisotopic (exact) mass is 345 g/mol. The number of rotatable bonds is 7. The second kappa shape index (κ2) is 8.16. The summed E-state index contributed by atoms with van der Waals surface area (Å²) in [6.45, 7) is 3.25. The van der Waals surface area contributed by atoms with Crippen molar-refractivity contribution in [1.82, 2.24) is 5.32 Å². The van der Waals surface area contributed by atoms with Crippen molar-refractivity contribution >= 4 is 16.9 Å². The Kier molecular flexibility index (Phi) is 5.71. The van der Waals surface area contributed by atoms with Crippen molar-refractivity contribution in [3.8, 4) is 5.75 Å². The summed E-state index contributed by atoms with van der Waals surface area (Å²) in [5, 5.41) is 3.70. The summed E-state index contributed by atoms with van der Waals surface area (Å²) in [4.78, 5) is 23.5. The molecule has 134 valence electrons. The molecule has 2 heterocycles. The molecule has 25 heavy (non-hydrogen) atoms. The first-order chi connectivity index (χ1) is 12.2. The third-order valence-corrected chi connectivity index (χ3v) is 4.24. The van der Waals surface area contributed by atoms with Gasteiger partial charge < -0.3 is 19.2 Å². The van der Waals surface area contributed by atoms with Crippen LogP contribution in [0.25, 0.3) is 11.0 Å². The number of nitrogens with one attached hydrogen (secondary N) is 1. The zero-order chi connectivity index (χ0) is 17.6. The Balaban J connectivity index is 1.61. The molecule has 6 nitrogen and oxygen atoms in total. The van der Waals surface area contributed by atoms with E-state index in [0.717, 1.165) is 43.2 Å². The predicted molar refractivity (Wildman–Crippen MR) is 94.0 cm³/mol. The number of aryl methyl sites for hydroxylation is 1. The van der Waals surface area contributed by atoms with Crippen LogP contribution >= 0.6 is 0 Å². The summed E-state index contributed by atoms with van der Waals surface area (Å²) in [7, 11) is 0. The molecule has 3 rings (SSSR count). The molecule has 0 unspecified atom stereocenters. The molecular formula is C19H23NO5. The van der Waals surface area contributed by atoms with Crippen molar-refractivity contribution in [2.75, 3.05) is 19.8 Å². The van der Waals surface area contributed by atoms with E-state index in [1.165, 1.54) is 6.07 Å². The SMILES string of the molecule is CCCc1cc(=O)oc2cc(OCC(=O)NC[C@@H]3CCCO3)ccc12. The van der Waals surface area contributed by atoms with Crippen LogP contribution in [0.4, 0.5) is 0 Å². The average molecular weight is 345 g/mol. The van der Waals surface area contributed by atoms with Crippen LogP contribution in [0.3, 0.4) is 0 Å². The van der Waals surface area contributed by atoms with E-state index < -0.39 is 0 Å². The minimum Gasteiger partial charge on any atom is -0.484 e. The Morgan fingerprint density at radius 2 is 2.24 bits per heavy atom. The van der Waals surface area contributed by atoms with Crippen molar-refractivity contribution in [2.24, 2.45) is 0 Å². The molecule has 1 fully saturated rings. The fourth-order valence-electron chi connectivity index (χ4n) is 3.01. The van der Waals surface area contributed by atoms with Gasteiger partial charge in [-0.1, -0.05) is 13.3 Å². The van der Waals surface area contributed by atoms with Gasteiger partial charge in [0.25, 0.3) is 5.91 Å². The minimum absolute atomic E-state index is 0.0862. The molecule has 1 aliphatic rings. The molecule has 1 amide bonds. The van der Waals surface area contributed by atoms with Gasteiger partial charge in [-0.2, -0.15) is 0 Å². The first-order valence-corrected chi connectivity index (χ1v) is 8.73. The topological polar surface area (TPSA) is 77.8 Å². The molecule has 1 aliphatic heterocycles. The second-order valence-electron chi connectivity index (χ2n) is 6.23. The average Bonchev–Trinajstić information content (AvgIpc) is 3.11. The maximum Gasteiger partial charge on any atom is 0.336 e. The van der Waals surface area contributed by atoms with Gasteiger partial charge in [-0.15, -0.1) is 0 Å². The third kappa shape index (κ3) is 4.60.